The van der Waals surface area contributed by atoms with E-state index in [1.807, 2.05) is 0 Å². The van der Waals surface area contributed by atoms with Gasteiger partial charge in [-0.1, -0.05) is 0 Å². The highest BCUT2D eigenvalue weighted by Gasteiger charge is 2.35. The van der Waals surface area contributed by atoms with Crippen molar-refractivity contribution in [2.24, 2.45) is 0 Å². The van der Waals surface area contributed by atoms with E-state index in [4.69, 9.17) is 28.3 Å². The van der Waals surface area contributed by atoms with E-state index in [0.29, 0.717) is 0 Å². The molecule has 0 aromatic carbocycles. The lowest BCUT2D eigenvalue weighted by Crippen LogP contribution is -2.32. The highest BCUT2D eigenvalue weighted by Crippen LogP contribution is 2.31. The number of nitrogens with one attached hydrogen (secondary N) is 1. The fraction of sp³-hybridized carbons (Fsp3) is 0.750. The molecule has 0 aromatic heterocycles. The van der Waals surface area contributed by atoms with E-state index in [0.717, 1.165) is 11.8 Å². The summed E-state index contributed by atoms with van der Waals surface area (Å²) >= 11 is 12.3. The smallest absolute Gasteiger partial charge is 0.331 e. The molecule has 0 amide bonds. The van der Waals surface area contributed by atoms with E-state index in [1.165, 1.54) is 0 Å². The summed E-state index contributed by atoms with van der Waals surface area (Å²) in [5, 5.41) is 10.4. The summed E-state index contributed by atoms with van der Waals surface area (Å²) < 4.78 is -0.359. The molecule has 0 aliphatic carbocycles. The first-order valence-electron chi connectivity index (χ1n) is 2.53. The van der Waals surface area contributed by atoms with Crippen LogP contribution in [0.5, 0.6) is 0 Å². The van der Waals surface area contributed by atoms with Gasteiger partial charge in [-0.2, -0.15) is 0 Å². The molecule has 0 bridgehead atoms. The maximum atomic E-state index is 10.3. The molecule has 1 aliphatic heterocycles. The normalized spacial score (nSPS) is 40.0. The number of carboxylic acids is 1. The van der Waals surface area contributed by atoms with Gasteiger partial charge in [-0.05, 0) is 0 Å². The summed E-state index contributed by atoms with van der Waals surface area (Å²) in [6.45, 7) is 0. The average Bonchev–Trinajstić information content (AvgIpc) is 2.13. The summed E-state index contributed by atoms with van der Waals surface area (Å²) in [6, 6.07) is 0. The van der Waals surface area contributed by atoms with E-state index in [2.05, 4.69) is 5.32 Å². The van der Waals surface area contributed by atoms with Crippen molar-refractivity contribution < 1.29 is 9.90 Å². The molecule has 1 saturated heterocycles. The van der Waals surface area contributed by atoms with E-state index in [-0.39, 0.29) is 4.71 Å². The Balaban J connectivity index is 2.49. The van der Waals surface area contributed by atoms with Gasteiger partial charge >= 0.3 is 5.97 Å². The minimum absolute atomic E-state index is 0.359. The summed E-state index contributed by atoms with van der Waals surface area (Å²) in [5.74, 6) is -0.932. The van der Waals surface area contributed by atoms with E-state index >= 15 is 0 Å². The second-order valence-electron chi connectivity index (χ2n) is 1.77. The van der Waals surface area contributed by atoms with Crippen LogP contribution in [0, 0.1) is 0 Å². The van der Waals surface area contributed by atoms with Crippen LogP contribution in [-0.2, 0) is 4.79 Å². The first kappa shape index (κ1) is 8.46. The molecule has 1 heterocycles. The van der Waals surface area contributed by atoms with Crippen LogP contribution in [0.4, 0.5) is 0 Å². The molecule has 1 rings (SSSR count). The SMILES string of the molecule is O=C(O)C1NC(Cl)C(Cl)S1. The van der Waals surface area contributed by atoms with Crippen molar-refractivity contribution in [2.45, 2.75) is 15.6 Å². The molecule has 1 fully saturated rings. The number of alkyl halides is 2. The Kier molecular flexibility index (Phi) is 2.68. The Morgan fingerprint density at radius 3 is 2.40 bits per heavy atom. The molecule has 3 nitrogen and oxygen atoms in total. The highest BCUT2D eigenvalue weighted by atomic mass is 35.5. The van der Waals surface area contributed by atoms with Gasteiger partial charge in [0.25, 0.3) is 0 Å². The number of carboxylic acid groups (broad SMARTS) is 1. The average molecular weight is 202 g/mol. The second-order valence-corrected chi connectivity index (χ2v) is 4.22. The molecule has 0 spiro atoms. The van der Waals surface area contributed by atoms with Gasteiger partial charge in [-0.3, -0.25) is 5.32 Å². The standard InChI is InChI=1S/C4H5Cl2NO2S/c5-1-2(6)10-3(7-1)4(8)9/h1-3,7H,(H,8,9). The zero-order chi connectivity index (χ0) is 7.72. The second kappa shape index (κ2) is 3.17. The number of carbonyl (C=O) groups is 1. The van der Waals surface area contributed by atoms with Crippen LogP contribution in [0.3, 0.4) is 0 Å². The summed E-state index contributed by atoms with van der Waals surface area (Å²) in [7, 11) is 0. The Labute approximate surface area is 72.1 Å². The van der Waals surface area contributed by atoms with Gasteiger partial charge in [0.1, 0.15) is 10.2 Å². The molecule has 1 aliphatic rings. The van der Waals surface area contributed by atoms with Gasteiger partial charge in [0, 0.05) is 0 Å². The van der Waals surface area contributed by atoms with E-state index < -0.39 is 16.8 Å². The van der Waals surface area contributed by atoms with Gasteiger partial charge < -0.3 is 5.11 Å². The Morgan fingerprint density at radius 2 is 2.20 bits per heavy atom. The summed E-state index contributed by atoms with van der Waals surface area (Å²) in [4.78, 5) is 10.3. The van der Waals surface area contributed by atoms with Gasteiger partial charge in [0.15, 0.2) is 5.37 Å². The largest absolute Gasteiger partial charge is 0.479 e. The fourth-order valence-electron chi connectivity index (χ4n) is 0.588. The van der Waals surface area contributed by atoms with Crippen LogP contribution in [0.2, 0.25) is 0 Å². The van der Waals surface area contributed by atoms with Gasteiger partial charge in [-0.25, -0.2) is 4.79 Å². The molecule has 3 unspecified atom stereocenters. The minimum Gasteiger partial charge on any atom is -0.479 e. The quantitative estimate of drug-likeness (QED) is 0.489. The van der Waals surface area contributed by atoms with Crippen LogP contribution < -0.4 is 5.32 Å². The number of hydrogen-bond donors (Lipinski definition) is 2. The molecular weight excluding hydrogens is 197 g/mol. The predicted octanol–water partition coefficient (Wildman–Crippen LogP) is 0.863. The van der Waals surface area contributed by atoms with E-state index in [9.17, 15) is 4.79 Å². The van der Waals surface area contributed by atoms with Gasteiger partial charge in [0.2, 0.25) is 0 Å². The number of aliphatic carboxylic acids is 1. The maximum Gasteiger partial charge on any atom is 0.331 e. The number of halogens is 2. The third-order valence-electron chi connectivity index (χ3n) is 1.03. The minimum atomic E-state index is -0.932. The lowest BCUT2D eigenvalue weighted by molar-refractivity contribution is -0.136. The van der Waals surface area contributed by atoms with Crippen molar-refractivity contribution in [3.63, 3.8) is 0 Å². The Morgan fingerprint density at radius 1 is 1.60 bits per heavy atom. The van der Waals surface area contributed by atoms with Crippen LogP contribution >= 0.6 is 35.0 Å². The van der Waals surface area contributed by atoms with Crippen molar-refractivity contribution in [3.8, 4) is 0 Å². The third kappa shape index (κ3) is 1.69. The highest BCUT2D eigenvalue weighted by molar-refractivity contribution is 8.02. The summed E-state index contributed by atoms with van der Waals surface area (Å²) in [6.07, 6.45) is 0. The number of rotatable bonds is 1. The lowest BCUT2D eigenvalue weighted by Gasteiger charge is -2.01. The van der Waals surface area contributed by atoms with Crippen molar-refractivity contribution in [1.29, 1.82) is 0 Å². The molecule has 10 heavy (non-hydrogen) atoms. The first-order chi connectivity index (χ1) is 4.61. The monoisotopic (exact) mass is 201 g/mol. The molecule has 0 aromatic rings. The molecule has 58 valence electrons. The molecule has 2 N–H and O–H groups in total. The van der Waals surface area contributed by atoms with Crippen LogP contribution in [-0.4, -0.2) is 26.7 Å². The first-order valence-corrected chi connectivity index (χ1v) is 4.35. The topological polar surface area (TPSA) is 49.3 Å². The van der Waals surface area contributed by atoms with Crippen LogP contribution in [0.15, 0.2) is 0 Å². The number of hydrogen-bond acceptors (Lipinski definition) is 3. The molecule has 6 heteroatoms. The summed E-state index contributed by atoms with van der Waals surface area (Å²) in [5.41, 5.74) is -0.451. The van der Waals surface area contributed by atoms with Crippen molar-refractivity contribution >= 4 is 40.9 Å². The molecular formula is C4H5Cl2NO2S. The number of thioether (sulfide) groups is 1. The van der Waals surface area contributed by atoms with Crippen molar-refractivity contribution in [1.82, 2.24) is 5.32 Å². The van der Waals surface area contributed by atoms with Crippen LogP contribution in [0.25, 0.3) is 0 Å². The maximum absolute atomic E-state index is 10.3. The zero-order valence-corrected chi connectivity index (χ0v) is 7.08. The molecule has 0 saturated carbocycles. The zero-order valence-electron chi connectivity index (χ0n) is 4.75. The lowest BCUT2D eigenvalue weighted by atomic mass is 10.6. The fourth-order valence-corrected chi connectivity index (χ4v) is 2.17. The van der Waals surface area contributed by atoms with Crippen LogP contribution in [0.1, 0.15) is 0 Å². The Hall–Kier alpha value is 0.360. The predicted molar refractivity (Wildman–Crippen MR) is 41.4 cm³/mol. The van der Waals surface area contributed by atoms with Gasteiger partial charge in [-0.15, -0.1) is 35.0 Å². The van der Waals surface area contributed by atoms with Gasteiger partial charge in [0.05, 0.1) is 0 Å². The molecule has 3 atom stereocenters. The Bertz CT molecular complexity index is 146. The van der Waals surface area contributed by atoms with Crippen molar-refractivity contribution in [2.75, 3.05) is 0 Å². The molecule has 0 radical (unpaired) electrons. The van der Waals surface area contributed by atoms with E-state index in [1.54, 1.807) is 0 Å². The van der Waals surface area contributed by atoms with Crippen molar-refractivity contribution in [3.05, 3.63) is 0 Å². The third-order valence-corrected chi connectivity index (χ3v) is 3.39.